The lowest BCUT2D eigenvalue weighted by molar-refractivity contribution is 1.14. The fraction of sp³-hybridized carbons (Fsp3) is 0. The molecule has 39 heavy (non-hydrogen) atoms. The first-order chi connectivity index (χ1) is 19.2. The summed E-state index contributed by atoms with van der Waals surface area (Å²) in [5.74, 6) is 0. The van der Waals surface area contributed by atoms with Gasteiger partial charge in [-0.2, -0.15) is 0 Å². The molecule has 0 bridgehead atoms. The number of aromatic nitrogens is 2. The van der Waals surface area contributed by atoms with Crippen molar-refractivity contribution in [1.29, 1.82) is 0 Å². The minimum Gasteiger partial charge on any atom is -0.397 e. The van der Waals surface area contributed by atoms with E-state index in [0.717, 1.165) is 54.3 Å². The number of para-hydroxylation sites is 3. The zero-order valence-electron chi connectivity index (χ0n) is 21.0. The van der Waals surface area contributed by atoms with E-state index in [4.69, 9.17) is 11.5 Å². The van der Waals surface area contributed by atoms with Crippen LogP contribution in [0.25, 0.3) is 64.7 Å². The lowest BCUT2D eigenvalue weighted by Gasteiger charge is -2.13. The number of benzene rings is 5. The first-order valence-corrected chi connectivity index (χ1v) is 13.8. The molecule has 0 radical (unpaired) electrons. The first-order valence-electron chi connectivity index (χ1n) is 13.0. The number of nitrogens with two attached hydrogens (primary N) is 2. The number of hydrogen-bond acceptors (Lipinski definition) is 3. The summed E-state index contributed by atoms with van der Waals surface area (Å²) in [7, 11) is 0. The van der Waals surface area contributed by atoms with Gasteiger partial charge in [-0.05, 0) is 48.5 Å². The summed E-state index contributed by atoms with van der Waals surface area (Å²) in [5.41, 5.74) is 21.8. The van der Waals surface area contributed by atoms with Crippen LogP contribution in [0.2, 0.25) is 0 Å². The van der Waals surface area contributed by atoms with Gasteiger partial charge in [0.25, 0.3) is 0 Å². The van der Waals surface area contributed by atoms with Gasteiger partial charge < -0.3 is 20.6 Å². The summed E-state index contributed by atoms with van der Waals surface area (Å²) in [5, 5.41) is 4.50. The van der Waals surface area contributed by atoms with Crippen LogP contribution in [0.1, 0.15) is 0 Å². The Bertz CT molecular complexity index is 2200. The highest BCUT2D eigenvalue weighted by molar-refractivity contribution is 7.23. The molecule has 3 aromatic heterocycles. The molecule has 0 atom stereocenters. The van der Waals surface area contributed by atoms with Crippen LogP contribution in [0.5, 0.6) is 0 Å². The van der Waals surface area contributed by atoms with Crippen LogP contribution >= 0.6 is 11.3 Å². The fourth-order valence-electron chi connectivity index (χ4n) is 5.95. The average molecular weight is 521 g/mol. The van der Waals surface area contributed by atoms with E-state index in [1.165, 1.54) is 21.8 Å². The smallest absolute Gasteiger partial charge is 0.0894 e. The Morgan fingerprint density at radius 2 is 1.08 bits per heavy atom. The number of nitrogens with zero attached hydrogens (tertiary/aromatic N) is 2. The van der Waals surface area contributed by atoms with Gasteiger partial charge in [0.2, 0.25) is 0 Å². The monoisotopic (exact) mass is 520 g/mol. The van der Waals surface area contributed by atoms with Crippen LogP contribution in [0.4, 0.5) is 11.4 Å². The number of nitrogen functional groups attached to an aromatic ring is 2. The maximum atomic E-state index is 6.91. The molecular formula is C34H24N4S. The van der Waals surface area contributed by atoms with Crippen LogP contribution in [-0.4, -0.2) is 9.13 Å². The van der Waals surface area contributed by atoms with Gasteiger partial charge in [0.1, 0.15) is 0 Å². The molecule has 8 rings (SSSR count). The van der Waals surface area contributed by atoms with Crippen LogP contribution in [0.3, 0.4) is 0 Å². The molecule has 4 N–H and O–H groups in total. The van der Waals surface area contributed by atoms with Crippen molar-refractivity contribution in [2.45, 2.75) is 0 Å². The Morgan fingerprint density at radius 3 is 1.85 bits per heavy atom. The quantitative estimate of drug-likeness (QED) is 0.245. The third kappa shape index (κ3) is 3.11. The largest absolute Gasteiger partial charge is 0.397 e. The molecular weight excluding hydrogens is 496 g/mol. The second-order valence-corrected chi connectivity index (χ2v) is 10.9. The molecule has 186 valence electrons. The first kappa shape index (κ1) is 22.0. The number of thiophene rings is 1. The molecule has 0 fully saturated rings. The Balaban J connectivity index is 1.46. The van der Waals surface area contributed by atoms with Gasteiger partial charge in [-0.25, -0.2) is 0 Å². The Morgan fingerprint density at radius 1 is 0.462 bits per heavy atom. The second kappa shape index (κ2) is 8.25. The maximum Gasteiger partial charge on any atom is 0.0894 e. The van der Waals surface area contributed by atoms with Crippen molar-refractivity contribution >= 4 is 65.5 Å². The second-order valence-electron chi connectivity index (χ2n) is 9.85. The highest BCUT2D eigenvalue weighted by Gasteiger charge is 2.23. The van der Waals surface area contributed by atoms with E-state index in [9.17, 15) is 0 Å². The van der Waals surface area contributed by atoms with Gasteiger partial charge in [0, 0.05) is 37.6 Å². The predicted octanol–water partition coefficient (Wildman–Crippen LogP) is 8.77. The van der Waals surface area contributed by atoms with Crippen LogP contribution in [0, 0.1) is 0 Å². The minimum atomic E-state index is 0.746. The molecule has 0 aliphatic heterocycles. The molecule has 0 saturated carbocycles. The average Bonchev–Trinajstić information content (AvgIpc) is 3.60. The third-order valence-electron chi connectivity index (χ3n) is 7.69. The zero-order valence-corrected chi connectivity index (χ0v) is 21.8. The predicted molar refractivity (Wildman–Crippen MR) is 167 cm³/mol. The number of rotatable bonds is 3. The Hall–Kier alpha value is -5.00. The van der Waals surface area contributed by atoms with Gasteiger partial charge in [-0.15, -0.1) is 11.3 Å². The van der Waals surface area contributed by atoms with Gasteiger partial charge in [0.15, 0.2) is 0 Å². The molecule has 0 aliphatic carbocycles. The molecule has 5 heteroatoms. The van der Waals surface area contributed by atoms with Crippen molar-refractivity contribution in [1.82, 2.24) is 9.13 Å². The summed E-state index contributed by atoms with van der Waals surface area (Å²) < 4.78 is 5.77. The summed E-state index contributed by atoms with van der Waals surface area (Å²) in [4.78, 5) is 0.997. The van der Waals surface area contributed by atoms with Crippen molar-refractivity contribution in [2.75, 3.05) is 11.5 Å². The number of hydrogen-bond donors (Lipinski definition) is 2. The van der Waals surface area contributed by atoms with Crippen molar-refractivity contribution in [3.05, 3.63) is 121 Å². The maximum absolute atomic E-state index is 6.91. The molecule has 5 aromatic carbocycles. The SMILES string of the molecule is Nc1c(-c2c(N)c3ccccc3n2-c2ccc3c(c2)c2ccccc2n3-c2ccccc2)sc2ccccc12. The van der Waals surface area contributed by atoms with Crippen LogP contribution in [0.15, 0.2) is 121 Å². The topological polar surface area (TPSA) is 61.9 Å². The zero-order chi connectivity index (χ0) is 26.1. The Kier molecular flexibility index (Phi) is 4.66. The van der Waals surface area contributed by atoms with E-state index in [2.05, 4.69) is 118 Å². The van der Waals surface area contributed by atoms with Gasteiger partial charge in [-0.1, -0.05) is 72.8 Å². The van der Waals surface area contributed by atoms with Crippen molar-refractivity contribution in [2.24, 2.45) is 0 Å². The summed E-state index contributed by atoms with van der Waals surface area (Å²) >= 11 is 1.69. The molecule has 0 amide bonds. The normalized spacial score (nSPS) is 11.8. The summed E-state index contributed by atoms with van der Waals surface area (Å²) in [6.45, 7) is 0. The Labute approximate surface area is 228 Å². The van der Waals surface area contributed by atoms with Gasteiger partial charge >= 0.3 is 0 Å². The van der Waals surface area contributed by atoms with E-state index in [0.29, 0.717) is 0 Å². The van der Waals surface area contributed by atoms with E-state index < -0.39 is 0 Å². The summed E-state index contributed by atoms with van der Waals surface area (Å²) in [6, 6.07) is 42.5. The van der Waals surface area contributed by atoms with Crippen molar-refractivity contribution < 1.29 is 0 Å². The number of anilines is 2. The lowest BCUT2D eigenvalue weighted by Crippen LogP contribution is -1.99. The highest BCUT2D eigenvalue weighted by Crippen LogP contribution is 2.47. The van der Waals surface area contributed by atoms with E-state index in [-0.39, 0.29) is 0 Å². The molecule has 0 aliphatic rings. The standard InChI is InChI=1S/C34H24N4S/c35-31-24-13-5-8-16-28(24)38(33(31)34-32(36)25-14-6-9-17-30(25)39-34)22-18-19-29-26(20-22)23-12-4-7-15-27(23)37(29)21-10-2-1-3-11-21/h1-20H,35-36H2. The fourth-order valence-corrected chi connectivity index (χ4v) is 7.13. The molecule has 4 nitrogen and oxygen atoms in total. The van der Waals surface area contributed by atoms with Crippen LogP contribution in [-0.2, 0) is 0 Å². The molecule has 3 heterocycles. The minimum absolute atomic E-state index is 0.746. The van der Waals surface area contributed by atoms with E-state index >= 15 is 0 Å². The molecule has 8 aromatic rings. The lowest BCUT2D eigenvalue weighted by atomic mass is 10.1. The summed E-state index contributed by atoms with van der Waals surface area (Å²) in [6.07, 6.45) is 0. The number of fused-ring (bicyclic) bond motifs is 5. The van der Waals surface area contributed by atoms with Crippen molar-refractivity contribution in [3.8, 4) is 21.9 Å². The molecule has 0 unspecified atom stereocenters. The van der Waals surface area contributed by atoms with Gasteiger partial charge in [-0.3, -0.25) is 0 Å². The molecule has 0 saturated heterocycles. The third-order valence-corrected chi connectivity index (χ3v) is 8.88. The van der Waals surface area contributed by atoms with Crippen LogP contribution < -0.4 is 11.5 Å². The van der Waals surface area contributed by atoms with E-state index in [1.54, 1.807) is 11.3 Å². The highest BCUT2D eigenvalue weighted by atomic mass is 32.1. The molecule has 0 spiro atoms. The van der Waals surface area contributed by atoms with Gasteiger partial charge in [0.05, 0.1) is 38.5 Å². The van der Waals surface area contributed by atoms with E-state index in [1.807, 2.05) is 12.1 Å². The van der Waals surface area contributed by atoms with Crippen molar-refractivity contribution in [3.63, 3.8) is 0 Å².